The number of hydrogen-bond acceptors (Lipinski definition) is 4. The van der Waals surface area contributed by atoms with Crippen LogP contribution in [0.5, 0.6) is 0 Å². The molecule has 0 atom stereocenters. The summed E-state index contributed by atoms with van der Waals surface area (Å²) < 4.78 is 0. The van der Waals surface area contributed by atoms with Gasteiger partial charge in [-0.15, -0.1) is 0 Å². The zero-order valence-corrected chi connectivity index (χ0v) is 14.8. The van der Waals surface area contributed by atoms with E-state index in [4.69, 9.17) is 0 Å². The van der Waals surface area contributed by atoms with E-state index in [1.165, 1.54) is 16.6 Å². The van der Waals surface area contributed by atoms with E-state index in [0.717, 1.165) is 48.5 Å². The summed E-state index contributed by atoms with van der Waals surface area (Å²) in [6, 6.07) is 17.0. The predicted octanol–water partition coefficient (Wildman–Crippen LogP) is 3.75. The zero-order valence-electron chi connectivity index (χ0n) is 14.8. The molecule has 1 aliphatic rings. The number of benzene rings is 2. The van der Waals surface area contributed by atoms with Crippen molar-refractivity contribution in [3.8, 4) is 0 Å². The summed E-state index contributed by atoms with van der Waals surface area (Å²) in [4.78, 5) is 17.5. The average molecular weight is 343 g/mol. The predicted molar refractivity (Wildman–Crippen MR) is 107 cm³/mol. The first kappa shape index (κ1) is 15.2. The van der Waals surface area contributed by atoms with Crippen LogP contribution >= 0.6 is 0 Å². The van der Waals surface area contributed by atoms with Crippen LogP contribution in [0.3, 0.4) is 0 Å². The molecular formula is C21H21N5. The van der Waals surface area contributed by atoms with Gasteiger partial charge in [0.05, 0.1) is 0 Å². The SMILES string of the molecule is Cc1cccc2[nH]c3c(N4CCN(c5ccccc5)CC4)ncnc3c12. The number of nitrogens with one attached hydrogen (secondary N) is 1. The summed E-state index contributed by atoms with van der Waals surface area (Å²) in [6.45, 7) is 6.03. The van der Waals surface area contributed by atoms with Gasteiger partial charge in [-0.2, -0.15) is 0 Å². The fraction of sp³-hybridized carbons (Fsp3) is 0.238. The number of piperazine rings is 1. The van der Waals surface area contributed by atoms with Gasteiger partial charge < -0.3 is 14.8 Å². The molecule has 0 spiro atoms. The maximum absolute atomic E-state index is 4.62. The minimum absolute atomic E-state index is 0.954. The first-order chi connectivity index (χ1) is 12.8. The van der Waals surface area contributed by atoms with Crippen LogP contribution in [0.1, 0.15) is 5.56 Å². The Bertz CT molecular complexity index is 1060. The highest BCUT2D eigenvalue weighted by molar-refractivity contribution is 6.09. The fourth-order valence-corrected chi connectivity index (χ4v) is 3.96. The molecule has 1 aliphatic heterocycles. The van der Waals surface area contributed by atoms with E-state index in [1.807, 2.05) is 0 Å². The number of anilines is 2. The second kappa shape index (κ2) is 6.02. The van der Waals surface area contributed by atoms with Crippen LogP contribution < -0.4 is 9.80 Å². The smallest absolute Gasteiger partial charge is 0.156 e. The highest BCUT2D eigenvalue weighted by atomic mass is 15.3. The Morgan fingerprint density at radius 1 is 0.846 bits per heavy atom. The van der Waals surface area contributed by atoms with E-state index in [2.05, 4.69) is 80.2 Å². The topological polar surface area (TPSA) is 48.1 Å². The minimum atomic E-state index is 0.954. The molecule has 1 N–H and O–H groups in total. The average Bonchev–Trinajstić information content (AvgIpc) is 3.09. The Balaban J connectivity index is 1.49. The molecule has 0 radical (unpaired) electrons. The lowest BCUT2D eigenvalue weighted by Gasteiger charge is -2.36. The van der Waals surface area contributed by atoms with Crippen LogP contribution in [0.2, 0.25) is 0 Å². The summed E-state index contributed by atoms with van der Waals surface area (Å²) >= 11 is 0. The summed E-state index contributed by atoms with van der Waals surface area (Å²) in [6.07, 6.45) is 1.70. The molecule has 0 aliphatic carbocycles. The molecule has 5 rings (SSSR count). The Kier molecular flexibility index (Phi) is 3.52. The van der Waals surface area contributed by atoms with Crippen LogP contribution in [-0.2, 0) is 0 Å². The maximum Gasteiger partial charge on any atom is 0.156 e. The number of para-hydroxylation sites is 1. The molecule has 0 bridgehead atoms. The summed E-state index contributed by atoms with van der Waals surface area (Å²) in [5.74, 6) is 1.01. The Labute approximate surface area is 152 Å². The van der Waals surface area contributed by atoms with Crippen molar-refractivity contribution in [2.45, 2.75) is 6.92 Å². The van der Waals surface area contributed by atoms with Crippen molar-refractivity contribution in [1.82, 2.24) is 15.0 Å². The van der Waals surface area contributed by atoms with E-state index in [-0.39, 0.29) is 0 Å². The number of H-pyrrole nitrogens is 1. The van der Waals surface area contributed by atoms with Gasteiger partial charge in [0.15, 0.2) is 5.82 Å². The van der Waals surface area contributed by atoms with Gasteiger partial charge in [-0.25, -0.2) is 9.97 Å². The van der Waals surface area contributed by atoms with Crippen LogP contribution in [-0.4, -0.2) is 41.1 Å². The lowest BCUT2D eigenvalue weighted by Crippen LogP contribution is -2.46. The van der Waals surface area contributed by atoms with Gasteiger partial charge in [-0.3, -0.25) is 0 Å². The van der Waals surface area contributed by atoms with Gasteiger partial charge in [0.25, 0.3) is 0 Å². The van der Waals surface area contributed by atoms with E-state index in [9.17, 15) is 0 Å². The molecule has 1 saturated heterocycles. The molecule has 5 nitrogen and oxygen atoms in total. The first-order valence-corrected chi connectivity index (χ1v) is 9.08. The quantitative estimate of drug-likeness (QED) is 0.602. The molecule has 26 heavy (non-hydrogen) atoms. The summed E-state index contributed by atoms with van der Waals surface area (Å²) in [5, 5.41) is 1.20. The second-order valence-electron chi connectivity index (χ2n) is 6.85. The van der Waals surface area contributed by atoms with Gasteiger partial charge >= 0.3 is 0 Å². The van der Waals surface area contributed by atoms with Gasteiger partial charge in [0.2, 0.25) is 0 Å². The van der Waals surface area contributed by atoms with Gasteiger partial charge in [-0.05, 0) is 30.7 Å². The van der Waals surface area contributed by atoms with Crippen molar-refractivity contribution in [2.75, 3.05) is 36.0 Å². The molecule has 130 valence electrons. The van der Waals surface area contributed by atoms with E-state index in [1.54, 1.807) is 6.33 Å². The lowest BCUT2D eigenvalue weighted by atomic mass is 10.1. The standard InChI is InChI=1S/C21H21N5/c1-15-6-5-9-17-18(15)19-20(24-17)21(23-14-22-19)26-12-10-25(11-13-26)16-7-3-2-4-8-16/h2-9,14,24H,10-13H2,1H3. The van der Waals surface area contributed by atoms with Crippen molar-refractivity contribution < 1.29 is 0 Å². The molecule has 2 aromatic carbocycles. The third kappa shape index (κ3) is 2.39. The molecular weight excluding hydrogens is 322 g/mol. The van der Waals surface area contributed by atoms with Gasteiger partial charge in [-0.1, -0.05) is 30.3 Å². The summed E-state index contributed by atoms with van der Waals surface area (Å²) in [7, 11) is 0. The Morgan fingerprint density at radius 2 is 1.62 bits per heavy atom. The van der Waals surface area contributed by atoms with Gasteiger partial charge in [0, 0.05) is 42.8 Å². The highest BCUT2D eigenvalue weighted by Crippen LogP contribution is 2.31. The Morgan fingerprint density at radius 3 is 2.42 bits per heavy atom. The third-order valence-electron chi connectivity index (χ3n) is 5.30. The van der Waals surface area contributed by atoms with Crippen LogP contribution in [0.25, 0.3) is 21.9 Å². The molecule has 2 aromatic heterocycles. The number of hydrogen-bond donors (Lipinski definition) is 1. The summed E-state index contributed by atoms with van der Waals surface area (Å²) in [5.41, 5.74) is 5.73. The second-order valence-corrected chi connectivity index (χ2v) is 6.85. The van der Waals surface area contributed by atoms with E-state index >= 15 is 0 Å². The van der Waals surface area contributed by atoms with Crippen LogP contribution in [0.15, 0.2) is 54.9 Å². The van der Waals surface area contributed by atoms with Crippen molar-refractivity contribution in [2.24, 2.45) is 0 Å². The fourth-order valence-electron chi connectivity index (χ4n) is 3.96. The number of rotatable bonds is 2. The molecule has 0 amide bonds. The zero-order chi connectivity index (χ0) is 17.5. The molecule has 0 unspecified atom stereocenters. The van der Waals surface area contributed by atoms with Crippen LogP contribution in [0, 0.1) is 6.92 Å². The lowest BCUT2D eigenvalue weighted by molar-refractivity contribution is 0.648. The third-order valence-corrected chi connectivity index (χ3v) is 5.30. The monoisotopic (exact) mass is 343 g/mol. The van der Waals surface area contributed by atoms with E-state index < -0.39 is 0 Å². The van der Waals surface area contributed by atoms with Crippen molar-refractivity contribution in [3.05, 3.63) is 60.4 Å². The highest BCUT2D eigenvalue weighted by Gasteiger charge is 2.21. The number of aromatic amines is 1. The molecule has 0 saturated carbocycles. The van der Waals surface area contributed by atoms with Crippen molar-refractivity contribution >= 4 is 33.4 Å². The van der Waals surface area contributed by atoms with Crippen LogP contribution in [0.4, 0.5) is 11.5 Å². The van der Waals surface area contributed by atoms with Gasteiger partial charge in [0.1, 0.15) is 17.4 Å². The van der Waals surface area contributed by atoms with Crippen molar-refractivity contribution in [3.63, 3.8) is 0 Å². The molecule has 3 heterocycles. The number of fused-ring (bicyclic) bond motifs is 3. The normalized spacial score (nSPS) is 15.1. The number of nitrogens with zero attached hydrogens (tertiary/aromatic N) is 4. The van der Waals surface area contributed by atoms with E-state index in [0.29, 0.717) is 0 Å². The Hall–Kier alpha value is -3.08. The molecule has 1 fully saturated rings. The molecule has 4 aromatic rings. The number of aromatic nitrogens is 3. The first-order valence-electron chi connectivity index (χ1n) is 9.08. The largest absolute Gasteiger partial charge is 0.368 e. The maximum atomic E-state index is 4.62. The minimum Gasteiger partial charge on any atom is -0.368 e. The van der Waals surface area contributed by atoms with Crippen molar-refractivity contribution in [1.29, 1.82) is 0 Å². The molecule has 5 heteroatoms. The number of aryl methyl sites for hydroxylation is 1.